The third-order valence-electron chi connectivity index (χ3n) is 4.64. The Labute approximate surface area is 174 Å². The number of thioether (sulfide) groups is 1. The van der Waals surface area contributed by atoms with Crippen molar-refractivity contribution in [2.75, 3.05) is 60.7 Å². The summed E-state index contributed by atoms with van der Waals surface area (Å²) in [5.41, 5.74) is 0.730. The summed E-state index contributed by atoms with van der Waals surface area (Å²) in [4.78, 5) is 17.4. The van der Waals surface area contributed by atoms with Crippen LogP contribution >= 0.6 is 24.0 Å². The third-order valence-corrected chi connectivity index (χ3v) is 6.02. The zero-order valence-corrected chi connectivity index (χ0v) is 17.9. The lowest BCUT2D eigenvalue weighted by Crippen LogP contribution is -2.42. The maximum Gasteiger partial charge on any atom is 0.266 e. The molecule has 7 nitrogen and oxygen atoms in total. The average molecular weight is 425 g/mol. The fourth-order valence-corrected chi connectivity index (χ4v) is 4.44. The number of carbonyl (C=O) groups excluding carboxylic acids is 1. The molecule has 0 atom stereocenters. The molecule has 2 saturated heterocycles. The summed E-state index contributed by atoms with van der Waals surface area (Å²) in [5.74, 6) is 1.48. The fraction of sp³-hybridized carbons (Fsp3) is 0.474. The molecule has 0 saturated carbocycles. The van der Waals surface area contributed by atoms with E-state index in [4.69, 9.17) is 31.2 Å². The summed E-state index contributed by atoms with van der Waals surface area (Å²) >= 11 is 6.74. The molecule has 2 fully saturated rings. The van der Waals surface area contributed by atoms with Gasteiger partial charge in [0.05, 0.1) is 39.4 Å². The zero-order chi connectivity index (χ0) is 20.1. The normalized spacial score (nSPS) is 19.4. The van der Waals surface area contributed by atoms with E-state index in [1.54, 1.807) is 38.4 Å². The Bertz CT molecular complexity index is 778. The Hall–Kier alpha value is -1.81. The van der Waals surface area contributed by atoms with Gasteiger partial charge in [0, 0.05) is 31.7 Å². The number of benzene rings is 1. The molecule has 0 aromatic heterocycles. The first-order valence-electron chi connectivity index (χ1n) is 8.93. The molecule has 3 rings (SSSR count). The highest BCUT2D eigenvalue weighted by Gasteiger charge is 2.32. The van der Waals surface area contributed by atoms with Gasteiger partial charge in [0.1, 0.15) is 4.32 Å². The molecule has 9 heteroatoms. The minimum absolute atomic E-state index is 0.0832. The number of thiocarbonyl (C=S) groups is 1. The standard InChI is InChI=1S/C19H24N2O5S2/c1-23-14-5-4-13(16(24-2)17(14)25-3)12-15-18(22)21(19(27)28-15)7-6-20-8-10-26-11-9-20/h4-5,12H,6-11H2,1-3H3. The van der Waals surface area contributed by atoms with E-state index < -0.39 is 0 Å². The number of nitrogens with zero attached hydrogens (tertiary/aromatic N) is 2. The van der Waals surface area contributed by atoms with Gasteiger partial charge in [-0.15, -0.1) is 0 Å². The van der Waals surface area contributed by atoms with Gasteiger partial charge in [0.15, 0.2) is 11.5 Å². The van der Waals surface area contributed by atoms with E-state index >= 15 is 0 Å². The van der Waals surface area contributed by atoms with Crippen LogP contribution < -0.4 is 14.2 Å². The van der Waals surface area contributed by atoms with Crippen molar-refractivity contribution in [1.82, 2.24) is 9.80 Å². The predicted octanol–water partition coefficient (Wildman–Crippen LogP) is 2.25. The van der Waals surface area contributed by atoms with Gasteiger partial charge >= 0.3 is 0 Å². The van der Waals surface area contributed by atoms with Crippen LogP contribution in [0, 0.1) is 0 Å². The van der Waals surface area contributed by atoms with Gasteiger partial charge in [-0.3, -0.25) is 14.6 Å². The van der Waals surface area contributed by atoms with Crippen molar-refractivity contribution in [2.45, 2.75) is 0 Å². The second-order valence-corrected chi connectivity index (χ2v) is 7.89. The minimum Gasteiger partial charge on any atom is -0.493 e. The topological polar surface area (TPSA) is 60.5 Å². The minimum atomic E-state index is -0.0832. The summed E-state index contributed by atoms with van der Waals surface area (Å²) in [5, 5.41) is 0. The average Bonchev–Trinajstić information content (AvgIpc) is 2.99. The van der Waals surface area contributed by atoms with Crippen LogP contribution in [0.1, 0.15) is 5.56 Å². The molecule has 0 spiro atoms. The lowest BCUT2D eigenvalue weighted by molar-refractivity contribution is -0.122. The predicted molar refractivity (Wildman–Crippen MR) is 113 cm³/mol. The summed E-state index contributed by atoms with van der Waals surface area (Å²) in [6.07, 6.45) is 1.79. The van der Waals surface area contributed by atoms with Crippen molar-refractivity contribution in [3.05, 3.63) is 22.6 Å². The first kappa shape index (κ1) is 20.9. The molecular weight excluding hydrogens is 400 g/mol. The van der Waals surface area contributed by atoms with Gasteiger partial charge in [0.2, 0.25) is 5.75 Å². The van der Waals surface area contributed by atoms with E-state index in [0.717, 1.165) is 38.4 Å². The number of hydrogen-bond donors (Lipinski definition) is 0. The van der Waals surface area contributed by atoms with Crippen molar-refractivity contribution in [3.8, 4) is 17.2 Å². The number of morpholine rings is 1. The highest BCUT2D eigenvalue weighted by Crippen LogP contribution is 2.42. The highest BCUT2D eigenvalue weighted by atomic mass is 32.2. The zero-order valence-electron chi connectivity index (χ0n) is 16.2. The van der Waals surface area contributed by atoms with Crippen LogP contribution in [0.3, 0.4) is 0 Å². The van der Waals surface area contributed by atoms with Gasteiger partial charge in [-0.2, -0.15) is 0 Å². The molecule has 0 aliphatic carbocycles. The Morgan fingerprint density at radius 1 is 1.11 bits per heavy atom. The van der Waals surface area contributed by atoms with E-state index in [2.05, 4.69) is 4.90 Å². The molecule has 152 valence electrons. The van der Waals surface area contributed by atoms with Crippen LogP contribution in [0.5, 0.6) is 17.2 Å². The Kier molecular flexibility index (Phi) is 7.17. The molecule has 2 aliphatic rings. The Morgan fingerprint density at radius 3 is 2.46 bits per heavy atom. The van der Waals surface area contributed by atoms with Crippen LogP contribution in [0.4, 0.5) is 0 Å². The first-order valence-corrected chi connectivity index (χ1v) is 10.2. The largest absolute Gasteiger partial charge is 0.493 e. The van der Waals surface area contributed by atoms with Crippen molar-refractivity contribution in [3.63, 3.8) is 0 Å². The van der Waals surface area contributed by atoms with Crippen molar-refractivity contribution < 1.29 is 23.7 Å². The molecule has 2 aliphatic heterocycles. The molecule has 1 aromatic carbocycles. The molecular formula is C19H24N2O5S2. The van der Waals surface area contributed by atoms with Crippen molar-refractivity contribution >= 4 is 40.3 Å². The van der Waals surface area contributed by atoms with Gasteiger partial charge in [-0.1, -0.05) is 24.0 Å². The second kappa shape index (κ2) is 9.60. The summed E-state index contributed by atoms with van der Waals surface area (Å²) < 4.78 is 22.2. The smallest absolute Gasteiger partial charge is 0.266 e. The summed E-state index contributed by atoms with van der Waals surface area (Å²) in [6, 6.07) is 3.62. The van der Waals surface area contributed by atoms with Crippen LogP contribution in [0.15, 0.2) is 17.0 Å². The van der Waals surface area contributed by atoms with E-state index in [1.807, 2.05) is 6.07 Å². The van der Waals surface area contributed by atoms with E-state index in [1.165, 1.54) is 11.8 Å². The van der Waals surface area contributed by atoms with Gasteiger partial charge < -0.3 is 18.9 Å². The second-order valence-electron chi connectivity index (χ2n) is 6.21. The maximum atomic E-state index is 12.9. The monoisotopic (exact) mass is 424 g/mol. The SMILES string of the molecule is COc1ccc(C=C2SC(=S)N(CCN3CCOCC3)C2=O)c(OC)c1OC. The summed E-state index contributed by atoms with van der Waals surface area (Å²) in [6.45, 7) is 4.59. The van der Waals surface area contributed by atoms with E-state index in [-0.39, 0.29) is 5.91 Å². The maximum absolute atomic E-state index is 12.9. The van der Waals surface area contributed by atoms with Gasteiger partial charge in [0.25, 0.3) is 5.91 Å². The number of ether oxygens (including phenoxy) is 4. The molecule has 28 heavy (non-hydrogen) atoms. The van der Waals surface area contributed by atoms with Crippen LogP contribution in [-0.4, -0.2) is 80.7 Å². The Balaban J connectivity index is 1.77. The number of carbonyl (C=O) groups is 1. The Morgan fingerprint density at radius 2 is 1.82 bits per heavy atom. The van der Waals surface area contributed by atoms with Crippen LogP contribution in [0.2, 0.25) is 0 Å². The molecule has 1 amide bonds. The van der Waals surface area contributed by atoms with Crippen LogP contribution in [0.25, 0.3) is 6.08 Å². The third kappa shape index (κ3) is 4.43. The first-order chi connectivity index (χ1) is 13.6. The lowest BCUT2D eigenvalue weighted by atomic mass is 10.1. The van der Waals surface area contributed by atoms with E-state index in [9.17, 15) is 4.79 Å². The molecule has 0 unspecified atom stereocenters. The highest BCUT2D eigenvalue weighted by molar-refractivity contribution is 8.26. The lowest BCUT2D eigenvalue weighted by Gasteiger charge is -2.28. The van der Waals surface area contributed by atoms with Crippen molar-refractivity contribution in [2.24, 2.45) is 0 Å². The van der Waals surface area contributed by atoms with Crippen molar-refractivity contribution in [1.29, 1.82) is 0 Å². The molecule has 2 heterocycles. The quantitative estimate of drug-likeness (QED) is 0.488. The van der Waals surface area contributed by atoms with E-state index in [0.29, 0.717) is 33.0 Å². The number of amides is 1. The molecule has 0 radical (unpaired) electrons. The summed E-state index contributed by atoms with van der Waals surface area (Å²) in [7, 11) is 4.67. The van der Waals surface area contributed by atoms with Gasteiger partial charge in [-0.05, 0) is 18.2 Å². The molecule has 1 aromatic rings. The van der Waals surface area contributed by atoms with Gasteiger partial charge in [-0.25, -0.2) is 0 Å². The number of methoxy groups -OCH3 is 3. The molecule has 0 bridgehead atoms. The molecule has 0 N–H and O–H groups in total. The number of hydrogen-bond acceptors (Lipinski definition) is 8. The fourth-order valence-electron chi connectivity index (χ4n) is 3.14. The van der Waals surface area contributed by atoms with Crippen LogP contribution in [-0.2, 0) is 9.53 Å². The number of rotatable bonds is 7.